The van der Waals surface area contributed by atoms with Crippen molar-refractivity contribution in [2.75, 3.05) is 14.1 Å². The molecule has 0 aliphatic rings. The molecule has 0 radical (unpaired) electrons. The molecule has 0 aromatic carbocycles. The zero-order valence-corrected chi connectivity index (χ0v) is 10.9. The van der Waals surface area contributed by atoms with Crippen LogP contribution in [-0.4, -0.2) is 24.5 Å². The zero-order valence-electron chi connectivity index (χ0n) is 10.9. The third-order valence-corrected chi connectivity index (χ3v) is 3.57. The molecule has 1 heteroatoms. The highest BCUT2D eigenvalue weighted by atomic mass is 15.1. The first kappa shape index (κ1) is 14.0. The van der Waals surface area contributed by atoms with Crippen LogP contribution >= 0.6 is 0 Å². The van der Waals surface area contributed by atoms with Crippen LogP contribution in [0.15, 0.2) is 0 Å². The third-order valence-electron chi connectivity index (χ3n) is 3.57. The summed E-state index contributed by atoms with van der Waals surface area (Å²) in [5, 5.41) is 0. The fourth-order valence-corrected chi connectivity index (χ4v) is 2.41. The van der Waals surface area contributed by atoms with Gasteiger partial charge in [0.2, 0.25) is 0 Å². The molecule has 86 valence electrons. The van der Waals surface area contributed by atoms with Crippen LogP contribution in [0.1, 0.15) is 65.7 Å². The van der Waals surface area contributed by atoms with Crippen LogP contribution in [0.4, 0.5) is 0 Å². The fraction of sp³-hybridized carbons (Fsp3) is 1.00. The van der Waals surface area contributed by atoms with Crippen LogP contribution in [0, 0.1) is 0 Å². The van der Waals surface area contributed by atoms with E-state index in [-0.39, 0.29) is 0 Å². The Morgan fingerprint density at radius 2 is 1.50 bits per heavy atom. The maximum Gasteiger partial charge on any atom is 0.0200 e. The van der Waals surface area contributed by atoms with Gasteiger partial charge in [-0.1, -0.05) is 46.5 Å². The maximum absolute atomic E-state index is 2.45. The third kappa shape index (κ3) is 4.00. The average molecular weight is 199 g/mol. The molecule has 0 heterocycles. The molecule has 0 saturated carbocycles. The van der Waals surface area contributed by atoms with Gasteiger partial charge in [-0.3, -0.25) is 0 Å². The van der Waals surface area contributed by atoms with Crippen molar-refractivity contribution < 1.29 is 0 Å². The SMILES string of the molecule is CCCCCC(CC)(CCC)N(C)C. The van der Waals surface area contributed by atoms with E-state index in [1.807, 2.05) is 0 Å². The summed E-state index contributed by atoms with van der Waals surface area (Å²) >= 11 is 0. The molecule has 0 bridgehead atoms. The number of hydrogen-bond donors (Lipinski definition) is 0. The topological polar surface area (TPSA) is 3.24 Å². The van der Waals surface area contributed by atoms with Crippen molar-refractivity contribution in [3.8, 4) is 0 Å². The smallest absolute Gasteiger partial charge is 0.0200 e. The lowest BCUT2D eigenvalue weighted by Crippen LogP contribution is -2.43. The van der Waals surface area contributed by atoms with Crippen LogP contribution in [0.3, 0.4) is 0 Å². The summed E-state index contributed by atoms with van der Waals surface area (Å²) in [4.78, 5) is 2.45. The van der Waals surface area contributed by atoms with E-state index in [0.29, 0.717) is 5.54 Å². The van der Waals surface area contributed by atoms with Crippen molar-refractivity contribution in [2.45, 2.75) is 71.3 Å². The Morgan fingerprint density at radius 1 is 0.857 bits per heavy atom. The maximum atomic E-state index is 2.45. The van der Waals surface area contributed by atoms with E-state index in [1.54, 1.807) is 0 Å². The molecular weight excluding hydrogens is 170 g/mol. The summed E-state index contributed by atoms with van der Waals surface area (Å²) in [5.41, 5.74) is 0.476. The second-order valence-electron chi connectivity index (χ2n) is 4.68. The molecule has 0 aliphatic heterocycles. The van der Waals surface area contributed by atoms with E-state index >= 15 is 0 Å². The lowest BCUT2D eigenvalue weighted by atomic mass is 9.84. The fourth-order valence-electron chi connectivity index (χ4n) is 2.41. The Morgan fingerprint density at radius 3 is 1.86 bits per heavy atom. The molecular formula is C13H29N. The standard InChI is InChI=1S/C13H29N/c1-6-9-10-12-13(8-3,11-7-2)14(4)5/h6-12H2,1-5H3. The van der Waals surface area contributed by atoms with E-state index in [9.17, 15) is 0 Å². The number of hydrogen-bond acceptors (Lipinski definition) is 1. The van der Waals surface area contributed by atoms with Crippen LogP contribution in [0.25, 0.3) is 0 Å². The van der Waals surface area contributed by atoms with Crippen molar-refractivity contribution in [3.05, 3.63) is 0 Å². The van der Waals surface area contributed by atoms with Crippen molar-refractivity contribution in [1.29, 1.82) is 0 Å². The van der Waals surface area contributed by atoms with Gasteiger partial charge in [-0.15, -0.1) is 0 Å². The lowest BCUT2D eigenvalue weighted by molar-refractivity contribution is 0.116. The Hall–Kier alpha value is -0.0400. The molecule has 14 heavy (non-hydrogen) atoms. The highest BCUT2D eigenvalue weighted by Crippen LogP contribution is 2.29. The number of nitrogens with zero attached hydrogens (tertiary/aromatic N) is 1. The highest BCUT2D eigenvalue weighted by molar-refractivity contribution is 4.85. The van der Waals surface area contributed by atoms with Gasteiger partial charge >= 0.3 is 0 Å². The van der Waals surface area contributed by atoms with Gasteiger partial charge in [0, 0.05) is 5.54 Å². The Balaban J connectivity index is 4.19. The van der Waals surface area contributed by atoms with Gasteiger partial charge in [-0.05, 0) is 33.4 Å². The first-order valence-corrected chi connectivity index (χ1v) is 6.30. The van der Waals surface area contributed by atoms with E-state index in [1.165, 1.54) is 44.9 Å². The van der Waals surface area contributed by atoms with E-state index in [0.717, 1.165) is 0 Å². The Labute approximate surface area is 90.9 Å². The molecule has 0 aromatic heterocycles. The van der Waals surface area contributed by atoms with E-state index < -0.39 is 0 Å². The van der Waals surface area contributed by atoms with Gasteiger partial charge in [-0.2, -0.15) is 0 Å². The highest BCUT2D eigenvalue weighted by Gasteiger charge is 2.28. The van der Waals surface area contributed by atoms with Crippen molar-refractivity contribution in [1.82, 2.24) is 4.90 Å². The summed E-state index contributed by atoms with van der Waals surface area (Å²) in [5.74, 6) is 0. The minimum absolute atomic E-state index is 0.476. The summed E-state index contributed by atoms with van der Waals surface area (Å²) < 4.78 is 0. The average Bonchev–Trinajstić information content (AvgIpc) is 2.16. The van der Waals surface area contributed by atoms with Crippen LogP contribution < -0.4 is 0 Å². The van der Waals surface area contributed by atoms with Crippen molar-refractivity contribution >= 4 is 0 Å². The minimum Gasteiger partial charge on any atom is -0.304 e. The monoisotopic (exact) mass is 199 g/mol. The Bertz CT molecular complexity index is 131. The Kier molecular flexibility index (Phi) is 7.26. The first-order chi connectivity index (χ1) is 6.63. The van der Waals surface area contributed by atoms with Crippen molar-refractivity contribution in [3.63, 3.8) is 0 Å². The number of rotatable bonds is 8. The van der Waals surface area contributed by atoms with Crippen LogP contribution in [0.2, 0.25) is 0 Å². The predicted octanol–water partition coefficient (Wildman–Crippen LogP) is 4.08. The molecule has 0 rings (SSSR count). The molecule has 1 atom stereocenters. The lowest BCUT2D eigenvalue weighted by Gasteiger charge is -2.39. The summed E-state index contributed by atoms with van der Waals surface area (Å²) in [6.07, 6.45) is 9.43. The summed E-state index contributed by atoms with van der Waals surface area (Å²) in [6, 6.07) is 0. The molecule has 0 spiro atoms. The van der Waals surface area contributed by atoms with Gasteiger partial charge in [0.05, 0.1) is 0 Å². The van der Waals surface area contributed by atoms with Gasteiger partial charge < -0.3 is 4.90 Å². The molecule has 0 amide bonds. The quantitative estimate of drug-likeness (QED) is 0.532. The molecule has 1 unspecified atom stereocenters. The largest absolute Gasteiger partial charge is 0.304 e. The van der Waals surface area contributed by atoms with Gasteiger partial charge in [0.15, 0.2) is 0 Å². The molecule has 0 aliphatic carbocycles. The molecule has 0 saturated heterocycles. The molecule has 0 fully saturated rings. The summed E-state index contributed by atoms with van der Waals surface area (Å²) in [7, 11) is 4.48. The van der Waals surface area contributed by atoms with Gasteiger partial charge in [0.25, 0.3) is 0 Å². The van der Waals surface area contributed by atoms with Crippen LogP contribution in [0.5, 0.6) is 0 Å². The predicted molar refractivity (Wildman–Crippen MR) is 65.8 cm³/mol. The second kappa shape index (κ2) is 7.28. The normalized spacial score (nSPS) is 15.9. The van der Waals surface area contributed by atoms with Gasteiger partial charge in [0.1, 0.15) is 0 Å². The second-order valence-corrected chi connectivity index (χ2v) is 4.68. The number of unbranched alkanes of at least 4 members (excludes halogenated alkanes) is 2. The molecule has 0 N–H and O–H groups in total. The van der Waals surface area contributed by atoms with Crippen LogP contribution in [-0.2, 0) is 0 Å². The van der Waals surface area contributed by atoms with E-state index in [4.69, 9.17) is 0 Å². The minimum atomic E-state index is 0.476. The first-order valence-electron chi connectivity index (χ1n) is 6.30. The molecule has 0 aromatic rings. The van der Waals surface area contributed by atoms with E-state index in [2.05, 4.69) is 39.8 Å². The van der Waals surface area contributed by atoms with Gasteiger partial charge in [-0.25, -0.2) is 0 Å². The zero-order chi connectivity index (χ0) is 11.0. The van der Waals surface area contributed by atoms with Crippen molar-refractivity contribution in [2.24, 2.45) is 0 Å². The summed E-state index contributed by atoms with van der Waals surface area (Å²) in [6.45, 7) is 6.92. The molecule has 1 nitrogen and oxygen atoms in total.